The van der Waals surface area contributed by atoms with E-state index in [1.165, 1.54) is 5.56 Å². The SMILES string of the molecule is Cc1ccc(C(=O)Nc2ccc(C)c(N(C)C)c2)cc1. The molecule has 2 rings (SSSR count). The van der Waals surface area contributed by atoms with Crippen molar-refractivity contribution in [2.45, 2.75) is 13.8 Å². The van der Waals surface area contributed by atoms with Crippen LogP contribution in [-0.4, -0.2) is 20.0 Å². The quantitative estimate of drug-likeness (QED) is 0.922. The second kappa shape index (κ2) is 5.78. The average Bonchev–Trinajstić information content (AvgIpc) is 2.41. The van der Waals surface area contributed by atoms with Crippen molar-refractivity contribution in [1.82, 2.24) is 0 Å². The molecule has 0 fully saturated rings. The van der Waals surface area contributed by atoms with Gasteiger partial charge in [0.05, 0.1) is 0 Å². The molecule has 1 N–H and O–H groups in total. The zero-order valence-corrected chi connectivity index (χ0v) is 12.4. The Hall–Kier alpha value is -2.29. The summed E-state index contributed by atoms with van der Waals surface area (Å²) in [6.45, 7) is 4.06. The van der Waals surface area contributed by atoms with Gasteiger partial charge in [-0.3, -0.25) is 4.79 Å². The Morgan fingerprint density at radius 2 is 1.65 bits per heavy atom. The fraction of sp³-hybridized carbons (Fsp3) is 0.235. The summed E-state index contributed by atoms with van der Waals surface area (Å²) in [6, 6.07) is 13.5. The first-order chi connectivity index (χ1) is 9.47. The van der Waals surface area contributed by atoms with Crippen molar-refractivity contribution in [1.29, 1.82) is 0 Å². The maximum Gasteiger partial charge on any atom is 0.255 e. The summed E-state index contributed by atoms with van der Waals surface area (Å²) in [5, 5.41) is 2.93. The fourth-order valence-corrected chi connectivity index (χ4v) is 2.08. The van der Waals surface area contributed by atoms with Crippen LogP contribution in [0.2, 0.25) is 0 Å². The van der Waals surface area contributed by atoms with E-state index in [4.69, 9.17) is 0 Å². The summed E-state index contributed by atoms with van der Waals surface area (Å²) in [5.41, 5.74) is 4.91. The van der Waals surface area contributed by atoms with Gasteiger partial charge >= 0.3 is 0 Å². The van der Waals surface area contributed by atoms with Crippen LogP contribution in [0, 0.1) is 13.8 Å². The molecule has 3 nitrogen and oxygen atoms in total. The predicted molar refractivity (Wildman–Crippen MR) is 84.6 cm³/mol. The van der Waals surface area contributed by atoms with Crippen LogP contribution in [0.5, 0.6) is 0 Å². The van der Waals surface area contributed by atoms with Gasteiger partial charge < -0.3 is 10.2 Å². The maximum atomic E-state index is 12.2. The lowest BCUT2D eigenvalue weighted by Gasteiger charge is -2.17. The van der Waals surface area contributed by atoms with E-state index in [2.05, 4.69) is 12.2 Å². The zero-order valence-electron chi connectivity index (χ0n) is 12.4. The third-order valence-corrected chi connectivity index (χ3v) is 3.26. The van der Waals surface area contributed by atoms with E-state index in [9.17, 15) is 4.79 Å². The normalized spacial score (nSPS) is 10.2. The number of carbonyl (C=O) groups excluding carboxylic acids is 1. The van der Waals surface area contributed by atoms with E-state index in [1.807, 2.05) is 68.4 Å². The van der Waals surface area contributed by atoms with Crippen molar-refractivity contribution in [3.8, 4) is 0 Å². The van der Waals surface area contributed by atoms with Gasteiger partial charge in [0.1, 0.15) is 0 Å². The van der Waals surface area contributed by atoms with E-state index >= 15 is 0 Å². The first-order valence-electron chi connectivity index (χ1n) is 6.63. The third-order valence-electron chi connectivity index (χ3n) is 3.26. The molecule has 0 aromatic heterocycles. The maximum absolute atomic E-state index is 12.2. The van der Waals surface area contributed by atoms with Crippen LogP contribution in [0.15, 0.2) is 42.5 Å². The summed E-state index contributed by atoms with van der Waals surface area (Å²) in [5.74, 6) is -0.0847. The minimum atomic E-state index is -0.0847. The smallest absolute Gasteiger partial charge is 0.255 e. The molecule has 0 aliphatic rings. The molecule has 0 aliphatic heterocycles. The number of nitrogens with one attached hydrogen (secondary N) is 1. The molecule has 0 bridgehead atoms. The molecular weight excluding hydrogens is 248 g/mol. The van der Waals surface area contributed by atoms with Crippen LogP contribution in [-0.2, 0) is 0 Å². The van der Waals surface area contributed by atoms with E-state index in [-0.39, 0.29) is 5.91 Å². The van der Waals surface area contributed by atoms with Crippen LogP contribution < -0.4 is 10.2 Å². The summed E-state index contributed by atoms with van der Waals surface area (Å²) in [7, 11) is 3.99. The highest BCUT2D eigenvalue weighted by molar-refractivity contribution is 6.04. The first-order valence-corrected chi connectivity index (χ1v) is 6.63. The van der Waals surface area contributed by atoms with E-state index < -0.39 is 0 Å². The van der Waals surface area contributed by atoms with Gasteiger partial charge in [-0.15, -0.1) is 0 Å². The van der Waals surface area contributed by atoms with E-state index in [0.717, 1.165) is 16.9 Å². The van der Waals surface area contributed by atoms with Gasteiger partial charge in [-0.25, -0.2) is 0 Å². The van der Waals surface area contributed by atoms with Crippen molar-refractivity contribution in [2.24, 2.45) is 0 Å². The number of hydrogen-bond donors (Lipinski definition) is 1. The van der Waals surface area contributed by atoms with Gasteiger partial charge in [0, 0.05) is 31.0 Å². The van der Waals surface area contributed by atoms with Gasteiger partial charge in [0.25, 0.3) is 5.91 Å². The molecule has 2 aromatic carbocycles. The number of carbonyl (C=O) groups is 1. The monoisotopic (exact) mass is 268 g/mol. The molecule has 0 atom stereocenters. The zero-order chi connectivity index (χ0) is 14.7. The number of amides is 1. The summed E-state index contributed by atoms with van der Waals surface area (Å²) >= 11 is 0. The topological polar surface area (TPSA) is 32.3 Å². The number of benzene rings is 2. The molecule has 0 heterocycles. The minimum Gasteiger partial charge on any atom is -0.377 e. The minimum absolute atomic E-state index is 0.0847. The summed E-state index contributed by atoms with van der Waals surface area (Å²) < 4.78 is 0. The Bertz CT molecular complexity index is 615. The molecule has 20 heavy (non-hydrogen) atoms. The summed E-state index contributed by atoms with van der Waals surface area (Å²) in [4.78, 5) is 14.2. The molecule has 0 aliphatic carbocycles. The molecule has 0 unspecified atom stereocenters. The second-order valence-corrected chi connectivity index (χ2v) is 5.22. The van der Waals surface area contributed by atoms with Gasteiger partial charge in [0.15, 0.2) is 0 Å². The second-order valence-electron chi connectivity index (χ2n) is 5.22. The number of anilines is 2. The highest BCUT2D eigenvalue weighted by atomic mass is 16.1. The Kier molecular flexibility index (Phi) is 4.08. The van der Waals surface area contributed by atoms with E-state index in [1.54, 1.807) is 0 Å². The fourth-order valence-electron chi connectivity index (χ4n) is 2.08. The third kappa shape index (κ3) is 3.18. The molecule has 1 amide bonds. The van der Waals surface area contributed by atoms with Crippen LogP contribution in [0.1, 0.15) is 21.5 Å². The van der Waals surface area contributed by atoms with Crippen LogP contribution in [0.3, 0.4) is 0 Å². The molecule has 2 aromatic rings. The number of aryl methyl sites for hydroxylation is 2. The Balaban J connectivity index is 2.19. The lowest BCUT2D eigenvalue weighted by Crippen LogP contribution is -2.14. The highest BCUT2D eigenvalue weighted by Gasteiger charge is 2.07. The first kappa shape index (κ1) is 14.1. The molecule has 104 valence electrons. The van der Waals surface area contributed by atoms with Gasteiger partial charge in [-0.1, -0.05) is 23.8 Å². The van der Waals surface area contributed by atoms with Crippen molar-refractivity contribution in [2.75, 3.05) is 24.3 Å². The predicted octanol–water partition coefficient (Wildman–Crippen LogP) is 3.62. The lowest BCUT2D eigenvalue weighted by atomic mass is 10.1. The van der Waals surface area contributed by atoms with Crippen LogP contribution in [0.4, 0.5) is 11.4 Å². The molecule has 0 spiro atoms. The molecule has 3 heteroatoms. The van der Waals surface area contributed by atoms with Crippen molar-refractivity contribution < 1.29 is 4.79 Å². The molecule has 0 saturated carbocycles. The largest absolute Gasteiger partial charge is 0.377 e. The Morgan fingerprint density at radius 1 is 1.00 bits per heavy atom. The van der Waals surface area contributed by atoms with Crippen LogP contribution in [0.25, 0.3) is 0 Å². The van der Waals surface area contributed by atoms with Crippen molar-refractivity contribution in [3.63, 3.8) is 0 Å². The average molecular weight is 268 g/mol. The van der Waals surface area contributed by atoms with Crippen LogP contribution >= 0.6 is 0 Å². The number of nitrogens with zero attached hydrogens (tertiary/aromatic N) is 1. The van der Waals surface area contributed by atoms with Gasteiger partial charge in [-0.05, 0) is 43.7 Å². The molecule has 0 saturated heterocycles. The van der Waals surface area contributed by atoms with Gasteiger partial charge in [0.2, 0.25) is 0 Å². The molecular formula is C17H20N2O. The van der Waals surface area contributed by atoms with Gasteiger partial charge in [-0.2, -0.15) is 0 Å². The molecule has 0 radical (unpaired) electrons. The Labute approximate surface area is 120 Å². The standard InChI is InChI=1S/C17H20N2O/c1-12-5-8-14(9-6-12)17(20)18-15-10-7-13(2)16(11-15)19(3)4/h5-11H,1-4H3,(H,18,20). The van der Waals surface area contributed by atoms with E-state index in [0.29, 0.717) is 5.56 Å². The summed E-state index contributed by atoms with van der Waals surface area (Å²) in [6.07, 6.45) is 0. The lowest BCUT2D eigenvalue weighted by molar-refractivity contribution is 0.102. The number of hydrogen-bond acceptors (Lipinski definition) is 2. The van der Waals surface area contributed by atoms with Crippen molar-refractivity contribution >= 4 is 17.3 Å². The number of rotatable bonds is 3. The Morgan fingerprint density at radius 3 is 2.25 bits per heavy atom. The highest BCUT2D eigenvalue weighted by Crippen LogP contribution is 2.22. The van der Waals surface area contributed by atoms with Crippen molar-refractivity contribution in [3.05, 3.63) is 59.2 Å².